The summed E-state index contributed by atoms with van der Waals surface area (Å²) in [5.41, 5.74) is 6.70. The van der Waals surface area contributed by atoms with Crippen LogP contribution < -0.4 is 20.5 Å². The number of benzene rings is 1. The SMILES string of the molecule is COc1cc2nc(NC(CCO)c3ccco3)nc(N)c2cc1OC. The number of furan rings is 1. The number of aliphatic hydroxyl groups is 1. The van der Waals surface area contributed by atoms with Gasteiger partial charge in [0.05, 0.1) is 32.0 Å². The quantitative estimate of drug-likeness (QED) is 0.598. The van der Waals surface area contributed by atoms with Crippen LogP contribution in [0.4, 0.5) is 11.8 Å². The number of methoxy groups -OCH3 is 2. The summed E-state index contributed by atoms with van der Waals surface area (Å²) in [4.78, 5) is 8.79. The van der Waals surface area contributed by atoms with Gasteiger partial charge in [0, 0.05) is 18.1 Å². The van der Waals surface area contributed by atoms with Crippen LogP contribution in [0.5, 0.6) is 11.5 Å². The molecule has 0 bridgehead atoms. The number of nitrogens with one attached hydrogen (secondary N) is 1. The van der Waals surface area contributed by atoms with Gasteiger partial charge in [0.15, 0.2) is 11.5 Å². The Morgan fingerprint density at radius 1 is 1.24 bits per heavy atom. The van der Waals surface area contributed by atoms with E-state index in [1.54, 1.807) is 38.7 Å². The van der Waals surface area contributed by atoms with Crippen molar-refractivity contribution in [3.8, 4) is 11.5 Å². The Hall–Kier alpha value is -3.00. The number of hydrogen-bond donors (Lipinski definition) is 3. The number of nitrogen functional groups attached to an aromatic ring is 1. The maximum atomic E-state index is 9.29. The molecular formula is C17H20N4O4. The normalized spacial score (nSPS) is 12.1. The molecule has 0 aliphatic heterocycles. The molecule has 8 heteroatoms. The first-order valence-electron chi connectivity index (χ1n) is 7.76. The number of nitrogens with two attached hydrogens (primary N) is 1. The summed E-state index contributed by atoms with van der Waals surface area (Å²) in [6.07, 6.45) is 2.02. The van der Waals surface area contributed by atoms with Crippen LogP contribution in [0.25, 0.3) is 10.9 Å². The van der Waals surface area contributed by atoms with Crippen molar-refractivity contribution in [3.63, 3.8) is 0 Å². The molecule has 25 heavy (non-hydrogen) atoms. The largest absolute Gasteiger partial charge is 0.493 e. The average molecular weight is 344 g/mol. The molecule has 0 radical (unpaired) electrons. The van der Waals surface area contributed by atoms with Crippen LogP contribution >= 0.6 is 0 Å². The average Bonchev–Trinajstić information content (AvgIpc) is 3.15. The van der Waals surface area contributed by atoms with Gasteiger partial charge < -0.3 is 30.0 Å². The van der Waals surface area contributed by atoms with Crippen LogP contribution in [0.3, 0.4) is 0 Å². The molecule has 2 heterocycles. The highest BCUT2D eigenvalue weighted by molar-refractivity contribution is 5.91. The Balaban J connectivity index is 1.99. The lowest BCUT2D eigenvalue weighted by molar-refractivity contribution is 0.273. The van der Waals surface area contributed by atoms with Crippen LogP contribution in [0.1, 0.15) is 18.2 Å². The Bertz CT molecular complexity index is 851. The maximum Gasteiger partial charge on any atom is 0.225 e. The molecule has 0 spiro atoms. The second-order valence-electron chi connectivity index (χ2n) is 5.38. The van der Waals surface area contributed by atoms with E-state index in [0.29, 0.717) is 46.3 Å². The van der Waals surface area contributed by atoms with Crippen LogP contribution in [0, 0.1) is 0 Å². The number of anilines is 2. The van der Waals surface area contributed by atoms with Crippen LogP contribution in [-0.2, 0) is 0 Å². The zero-order chi connectivity index (χ0) is 17.8. The summed E-state index contributed by atoms with van der Waals surface area (Å²) in [6.45, 7) is -0.00749. The number of nitrogens with zero attached hydrogens (tertiary/aromatic N) is 2. The smallest absolute Gasteiger partial charge is 0.225 e. The third-order valence-electron chi connectivity index (χ3n) is 3.84. The Morgan fingerprint density at radius 3 is 2.64 bits per heavy atom. The first kappa shape index (κ1) is 16.8. The van der Waals surface area contributed by atoms with E-state index in [1.807, 2.05) is 6.07 Å². The van der Waals surface area contributed by atoms with Gasteiger partial charge in [0.1, 0.15) is 11.6 Å². The first-order chi connectivity index (χ1) is 12.2. The molecule has 3 aromatic rings. The minimum atomic E-state index is -0.267. The van der Waals surface area contributed by atoms with Crippen molar-refractivity contribution in [3.05, 3.63) is 36.3 Å². The Morgan fingerprint density at radius 2 is 2.00 bits per heavy atom. The molecular weight excluding hydrogens is 324 g/mol. The molecule has 1 atom stereocenters. The summed E-state index contributed by atoms with van der Waals surface area (Å²) < 4.78 is 16.0. The third-order valence-corrected chi connectivity index (χ3v) is 3.84. The standard InChI is InChI=1S/C17H20N4O4/c1-23-14-8-10-12(9-15(14)24-2)20-17(21-16(10)18)19-11(5-6-22)13-4-3-7-25-13/h3-4,7-9,11,22H,5-6H2,1-2H3,(H3,18,19,20,21). The maximum absolute atomic E-state index is 9.29. The second-order valence-corrected chi connectivity index (χ2v) is 5.38. The fourth-order valence-electron chi connectivity index (χ4n) is 2.60. The predicted molar refractivity (Wildman–Crippen MR) is 93.8 cm³/mol. The molecule has 0 amide bonds. The van der Waals surface area contributed by atoms with Crippen molar-refractivity contribution in [1.82, 2.24) is 9.97 Å². The molecule has 0 aliphatic carbocycles. The van der Waals surface area contributed by atoms with E-state index in [-0.39, 0.29) is 12.6 Å². The van der Waals surface area contributed by atoms with Gasteiger partial charge in [0.2, 0.25) is 5.95 Å². The third kappa shape index (κ3) is 3.43. The number of hydrogen-bond acceptors (Lipinski definition) is 8. The van der Waals surface area contributed by atoms with Gasteiger partial charge in [-0.1, -0.05) is 0 Å². The number of fused-ring (bicyclic) bond motifs is 1. The van der Waals surface area contributed by atoms with Crippen LogP contribution in [-0.4, -0.2) is 35.9 Å². The molecule has 0 aliphatic rings. The molecule has 0 saturated heterocycles. The van der Waals surface area contributed by atoms with E-state index in [4.69, 9.17) is 19.6 Å². The molecule has 132 valence electrons. The van der Waals surface area contributed by atoms with Crippen molar-refractivity contribution in [2.45, 2.75) is 12.5 Å². The molecule has 1 aromatic carbocycles. The monoisotopic (exact) mass is 344 g/mol. The minimum absolute atomic E-state index is 0.00749. The molecule has 0 fully saturated rings. The summed E-state index contributed by atoms with van der Waals surface area (Å²) in [5.74, 6) is 2.45. The number of aliphatic hydroxyl groups excluding tert-OH is 1. The minimum Gasteiger partial charge on any atom is -0.493 e. The summed E-state index contributed by atoms with van der Waals surface area (Å²) in [7, 11) is 3.11. The number of rotatable bonds is 7. The summed E-state index contributed by atoms with van der Waals surface area (Å²) in [5, 5.41) is 13.1. The van der Waals surface area contributed by atoms with E-state index in [9.17, 15) is 5.11 Å². The summed E-state index contributed by atoms with van der Waals surface area (Å²) >= 11 is 0. The summed E-state index contributed by atoms with van der Waals surface area (Å²) in [6, 6.07) is 6.83. The van der Waals surface area contributed by atoms with E-state index in [1.165, 1.54) is 0 Å². The van der Waals surface area contributed by atoms with Gasteiger partial charge in [-0.2, -0.15) is 4.98 Å². The molecule has 4 N–H and O–H groups in total. The Labute approximate surface area is 144 Å². The van der Waals surface area contributed by atoms with Gasteiger partial charge >= 0.3 is 0 Å². The fraction of sp³-hybridized carbons (Fsp3) is 0.294. The topological polar surface area (TPSA) is 116 Å². The lowest BCUT2D eigenvalue weighted by atomic mass is 10.1. The predicted octanol–water partition coefficient (Wildman–Crippen LogP) is 2.36. The lowest BCUT2D eigenvalue weighted by Crippen LogP contribution is -2.14. The van der Waals surface area contributed by atoms with E-state index >= 15 is 0 Å². The van der Waals surface area contributed by atoms with Crippen LogP contribution in [0.15, 0.2) is 34.9 Å². The zero-order valence-electron chi connectivity index (χ0n) is 14.0. The van der Waals surface area contributed by atoms with Crippen molar-refractivity contribution in [2.24, 2.45) is 0 Å². The van der Waals surface area contributed by atoms with Crippen molar-refractivity contribution in [1.29, 1.82) is 0 Å². The van der Waals surface area contributed by atoms with Gasteiger partial charge in [0.25, 0.3) is 0 Å². The molecule has 3 rings (SSSR count). The highest BCUT2D eigenvalue weighted by Crippen LogP contribution is 2.34. The van der Waals surface area contributed by atoms with E-state index < -0.39 is 0 Å². The van der Waals surface area contributed by atoms with Crippen LogP contribution in [0.2, 0.25) is 0 Å². The molecule has 2 aromatic heterocycles. The lowest BCUT2D eigenvalue weighted by Gasteiger charge is -2.16. The van der Waals surface area contributed by atoms with Gasteiger partial charge in [-0.3, -0.25) is 0 Å². The van der Waals surface area contributed by atoms with Gasteiger partial charge in [-0.25, -0.2) is 4.98 Å². The highest BCUT2D eigenvalue weighted by atomic mass is 16.5. The number of aromatic nitrogens is 2. The molecule has 8 nitrogen and oxygen atoms in total. The van der Waals surface area contributed by atoms with E-state index in [0.717, 1.165) is 0 Å². The Kier molecular flexibility index (Phi) is 4.90. The second kappa shape index (κ2) is 7.27. The van der Waals surface area contributed by atoms with Crippen molar-refractivity contribution in [2.75, 3.05) is 31.9 Å². The van der Waals surface area contributed by atoms with Crippen molar-refractivity contribution >= 4 is 22.7 Å². The van der Waals surface area contributed by atoms with Crippen molar-refractivity contribution < 1.29 is 19.0 Å². The van der Waals surface area contributed by atoms with Gasteiger partial charge in [-0.05, 0) is 24.6 Å². The highest BCUT2D eigenvalue weighted by Gasteiger charge is 2.17. The van der Waals surface area contributed by atoms with Gasteiger partial charge in [-0.15, -0.1) is 0 Å². The molecule has 0 saturated carbocycles. The fourth-order valence-corrected chi connectivity index (χ4v) is 2.60. The number of ether oxygens (including phenoxy) is 2. The first-order valence-corrected chi connectivity index (χ1v) is 7.76. The zero-order valence-corrected chi connectivity index (χ0v) is 14.0. The molecule has 1 unspecified atom stereocenters. The van der Waals surface area contributed by atoms with E-state index in [2.05, 4.69) is 15.3 Å².